The number of thiophene rings is 1. The summed E-state index contributed by atoms with van der Waals surface area (Å²) in [5.74, 6) is -0.961. The van der Waals surface area contributed by atoms with Gasteiger partial charge in [0.2, 0.25) is 11.8 Å². The van der Waals surface area contributed by atoms with E-state index in [-0.39, 0.29) is 28.9 Å². The lowest BCUT2D eigenvalue weighted by molar-refractivity contribution is -0.122. The number of para-hydroxylation sites is 1. The molecule has 0 bridgehead atoms. The number of hydrogen-bond donors (Lipinski definition) is 2. The van der Waals surface area contributed by atoms with Crippen molar-refractivity contribution in [3.05, 3.63) is 64.7 Å². The van der Waals surface area contributed by atoms with Crippen molar-refractivity contribution in [3.8, 4) is 0 Å². The minimum absolute atomic E-state index is 0.000633. The Hall–Kier alpha value is -3.24. The molecule has 2 aromatic heterocycles. The van der Waals surface area contributed by atoms with E-state index in [0.717, 1.165) is 47.5 Å². The van der Waals surface area contributed by atoms with Gasteiger partial charge >= 0.3 is 0 Å². The Kier molecular flexibility index (Phi) is 8.38. The van der Waals surface area contributed by atoms with Crippen LogP contribution in [-0.2, 0) is 16.1 Å². The van der Waals surface area contributed by atoms with Crippen molar-refractivity contribution in [1.82, 2.24) is 14.9 Å². The summed E-state index contributed by atoms with van der Waals surface area (Å²) < 4.78 is 17.0. The van der Waals surface area contributed by atoms with Crippen LogP contribution in [0.25, 0.3) is 20.3 Å². The number of fused-ring (bicyclic) bond motifs is 3. The molecule has 0 aliphatic heterocycles. The quantitative estimate of drug-likeness (QED) is 0.205. The number of anilines is 1. The molecule has 0 spiro atoms. The van der Waals surface area contributed by atoms with E-state index in [1.165, 1.54) is 29.9 Å². The monoisotopic (exact) mass is 552 g/mol. The van der Waals surface area contributed by atoms with Crippen LogP contribution in [0.3, 0.4) is 0 Å². The molecule has 5 rings (SSSR count). The lowest BCUT2D eigenvalue weighted by Crippen LogP contribution is -2.36. The molecule has 7 nitrogen and oxygen atoms in total. The molecule has 0 saturated heterocycles. The molecule has 1 saturated carbocycles. The first kappa shape index (κ1) is 26.4. The van der Waals surface area contributed by atoms with Crippen LogP contribution in [0.5, 0.6) is 0 Å². The normalized spacial score (nSPS) is 14.1. The van der Waals surface area contributed by atoms with Crippen molar-refractivity contribution in [2.45, 2.75) is 62.7 Å². The van der Waals surface area contributed by atoms with Gasteiger partial charge in [0.1, 0.15) is 10.5 Å². The Labute approximate surface area is 227 Å². The number of nitrogens with zero attached hydrogens (tertiary/aromatic N) is 2. The summed E-state index contributed by atoms with van der Waals surface area (Å²) in [5, 5.41) is 6.99. The molecule has 2 N–H and O–H groups in total. The Morgan fingerprint density at radius 3 is 2.63 bits per heavy atom. The minimum atomic E-state index is -0.515. The molecule has 0 atom stereocenters. The average molecular weight is 553 g/mol. The van der Waals surface area contributed by atoms with Gasteiger partial charge in [0, 0.05) is 29.1 Å². The van der Waals surface area contributed by atoms with E-state index in [1.54, 1.807) is 16.7 Å². The van der Waals surface area contributed by atoms with Gasteiger partial charge in [-0.15, -0.1) is 11.3 Å². The van der Waals surface area contributed by atoms with Crippen LogP contribution in [0.2, 0.25) is 0 Å². The van der Waals surface area contributed by atoms with Crippen molar-refractivity contribution in [2.24, 2.45) is 0 Å². The number of nitrogens with one attached hydrogen (secondary N) is 2. The predicted molar refractivity (Wildman–Crippen MR) is 151 cm³/mol. The standard InChI is InChI=1S/C28H29FN4O3S2/c29-20-12-5-6-13-21(20)31-24(35)17-37-28-32-25-19-11-4-7-14-22(19)38-26(25)27(36)33(28)16-8-15-23(34)30-18-9-2-1-3-10-18/h4-7,11-14,18H,1-3,8-10,15-17H2,(H,30,34)(H,31,35). The van der Waals surface area contributed by atoms with Crippen molar-refractivity contribution in [1.29, 1.82) is 0 Å². The second-order valence-corrected chi connectivity index (χ2v) is 11.4. The maximum absolute atomic E-state index is 14.0. The number of hydrogen-bond acceptors (Lipinski definition) is 6. The van der Waals surface area contributed by atoms with Crippen molar-refractivity contribution in [2.75, 3.05) is 11.1 Å². The SMILES string of the molecule is O=C(CSc1nc2c(sc3ccccc32)c(=O)n1CCCC(=O)NC1CCCCC1)Nc1ccccc1F. The molecule has 0 radical (unpaired) electrons. The summed E-state index contributed by atoms with van der Waals surface area (Å²) in [4.78, 5) is 43.5. The summed E-state index contributed by atoms with van der Waals surface area (Å²) in [6.45, 7) is 0.311. The smallest absolute Gasteiger partial charge is 0.272 e. The Morgan fingerprint density at radius 2 is 1.82 bits per heavy atom. The first-order chi connectivity index (χ1) is 18.5. The maximum Gasteiger partial charge on any atom is 0.272 e. The second-order valence-electron chi connectivity index (χ2n) is 9.45. The molecule has 1 aliphatic rings. The third kappa shape index (κ3) is 6.07. The van der Waals surface area contributed by atoms with Crippen molar-refractivity contribution in [3.63, 3.8) is 0 Å². The second kappa shape index (κ2) is 12.1. The number of thioether (sulfide) groups is 1. The minimum Gasteiger partial charge on any atom is -0.353 e. The zero-order valence-electron chi connectivity index (χ0n) is 20.9. The highest BCUT2D eigenvalue weighted by molar-refractivity contribution is 7.99. The van der Waals surface area contributed by atoms with Gasteiger partial charge in [-0.25, -0.2) is 9.37 Å². The van der Waals surface area contributed by atoms with E-state index in [4.69, 9.17) is 4.98 Å². The molecule has 38 heavy (non-hydrogen) atoms. The van der Waals surface area contributed by atoms with E-state index in [1.807, 2.05) is 24.3 Å². The van der Waals surface area contributed by atoms with Crippen LogP contribution in [0.4, 0.5) is 10.1 Å². The molecule has 1 fully saturated rings. The van der Waals surface area contributed by atoms with Gasteiger partial charge < -0.3 is 10.6 Å². The van der Waals surface area contributed by atoms with Gasteiger partial charge in [-0.3, -0.25) is 19.0 Å². The fourth-order valence-corrected chi connectivity index (χ4v) is 6.69. The van der Waals surface area contributed by atoms with E-state index in [0.29, 0.717) is 34.8 Å². The van der Waals surface area contributed by atoms with Crippen molar-refractivity contribution >= 4 is 60.9 Å². The summed E-state index contributed by atoms with van der Waals surface area (Å²) in [5.41, 5.74) is 0.534. The Bertz CT molecular complexity index is 1530. The van der Waals surface area contributed by atoms with Crippen LogP contribution in [0.15, 0.2) is 58.5 Å². The van der Waals surface area contributed by atoms with E-state index in [2.05, 4.69) is 10.6 Å². The lowest BCUT2D eigenvalue weighted by atomic mass is 9.95. The lowest BCUT2D eigenvalue weighted by Gasteiger charge is -2.22. The van der Waals surface area contributed by atoms with E-state index >= 15 is 0 Å². The summed E-state index contributed by atoms with van der Waals surface area (Å²) >= 11 is 2.53. The number of halogens is 1. The van der Waals surface area contributed by atoms with Crippen LogP contribution < -0.4 is 16.2 Å². The molecular formula is C28H29FN4O3S2. The molecular weight excluding hydrogens is 523 g/mol. The topological polar surface area (TPSA) is 93.1 Å². The number of rotatable bonds is 9. The first-order valence-corrected chi connectivity index (χ1v) is 14.7. The van der Waals surface area contributed by atoms with Gasteiger partial charge in [0.05, 0.1) is 17.0 Å². The highest BCUT2D eigenvalue weighted by Gasteiger charge is 2.19. The van der Waals surface area contributed by atoms with Crippen molar-refractivity contribution < 1.29 is 14.0 Å². The molecule has 2 aromatic carbocycles. The molecule has 2 heterocycles. The van der Waals surface area contributed by atoms with Gasteiger partial charge in [-0.2, -0.15) is 0 Å². The maximum atomic E-state index is 14.0. The first-order valence-electron chi connectivity index (χ1n) is 12.9. The van der Waals surface area contributed by atoms with Gasteiger partial charge in [-0.05, 0) is 37.5 Å². The van der Waals surface area contributed by atoms with Gasteiger partial charge in [-0.1, -0.05) is 61.4 Å². The predicted octanol–water partition coefficient (Wildman–Crippen LogP) is 5.71. The molecule has 2 amide bonds. The van der Waals surface area contributed by atoms with Crippen LogP contribution in [-0.4, -0.2) is 33.2 Å². The third-order valence-corrected chi connectivity index (χ3v) is 8.81. The number of aromatic nitrogens is 2. The largest absolute Gasteiger partial charge is 0.353 e. The third-order valence-electron chi connectivity index (χ3n) is 6.68. The van der Waals surface area contributed by atoms with Crippen LogP contribution in [0.1, 0.15) is 44.9 Å². The number of carbonyl (C=O) groups is 2. The number of benzene rings is 2. The van der Waals surface area contributed by atoms with E-state index in [9.17, 15) is 18.8 Å². The summed E-state index contributed by atoms with van der Waals surface area (Å²) in [6.07, 6.45) is 6.34. The molecule has 10 heteroatoms. The molecule has 1 aliphatic carbocycles. The van der Waals surface area contributed by atoms with Crippen LogP contribution in [0, 0.1) is 5.82 Å². The molecule has 4 aromatic rings. The zero-order valence-corrected chi connectivity index (χ0v) is 22.5. The number of amides is 2. The Balaban J connectivity index is 1.34. The number of carbonyl (C=O) groups excluding carboxylic acids is 2. The van der Waals surface area contributed by atoms with Gasteiger partial charge in [0.25, 0.3) is 5.56 Å². The molecule has 0 unspecified atom stereocenters. The average Bonchev–Trinajstić information content (AvgIpc) is 3.30. The van der Waals surface area contributed by atoms with Crippen LogP contribution >= 0.6 is 23.1 Å². The summed E-state index contributed by atoms with van der Waals surface area (Å²) in [7, 11) is 0. The summed E-state index contributed by atoms with van der Waals surface area (Å²) in [6, 6.07) is 13.9. The van der Waals surface area contributed by atoms with Gasteiger partial charge in [0.15, 0.2) is 5.16 Å². The Morgan fingerprint density at radius 1 is 1.05 bits per heavy atom. The zero-order chi connectivity index (χ0) is 26.5. The fraction of sp³-hybridized carbons (Fsp3) is 0.357. The highest BCUT2D eigenvalue weighted by Crippen LogP contribution is 2.32. The fourth-order valence-electron chi connectivity index (χ4n) is 4.78. The van der Waals surface area contributed by atoms with E-state index < -0.39 is 11.7 Å². The molecule has 198 valence electrons. The highest BCUT2D eigenvalue weighted by atomic mass is 32.2.